The third-order valence-corrected chi connectivity index (χ3v) is 7.21. The fourth-order valence-corrected chi connectivity index (χ4v) is 5.26. The highest BCUT2D eigenvalue weighted by atomic mass is 32.2. The number of benzene rings is 3. The number of hydrogen-bond acceptors (Lipinski definition) is 7. The number of aromatic nitrogens is 2. The number of carbonyl (C=O) groups is 2. The van der Waals surface area contributed by atoms with E-state index in [1.165, 1.54) is 12.1 Å². The Kier molecular flexibility index (Phi) is 6.57. The Labute approximate surface area is 194 Å². The molecule has 166 valence electrons. The van der Waals surface area contributed by atoms with Gasteiger partial charge in [0.05, 0.1) is 4.90 Å². The number of nitrogens with one attached hydrogen (secondary N) is 2. The molecule has 0 saturated carbocycles. The molecule has 10 heteroatoms. The van der Waals surface area contributed by atoms with E-state index in [9.17, 15) is 18.0 Å². The average molecular weight is 479 g/mol. The van der Waals surface area contributed by atoms with Crippen molar-refractivity contribution in [2.75, 3.05) is 10.6 Å². The van der Waals surface area contributed by atoms with Gasteiger partial charge in [0.15, 0.2) is 9.84 Å². The van der Waals surface area contributed by atoms with Gasteiger partial charge in [0, 0.05) is 16.8 Å². The van der Waals surface area contributed by atoms with E-state index in [-0.39, 0.29) is 26.7 Å². The van der Waals surface area contributed by atoms with Gasteiger partial charge >= 0.3 is 0 Å². The Hall–Kier alpha value is -3.89. The summed E-state index contributed by atoms with van der Waals surface area (Å²) < 4.78 is 25.0. The molecule has 0 spiro atoms. The van der Waals surface area contributed by atoms with Gasteiger partial charge in [0.25, 0.3) is 11.8 Å². The molecular formula is C23H18N4O4S2. The Bertz CT molecular complexity index is 1370. The lowest BCUT2D eigenvalue weighted by Gasteiger charge is -2.06. The molecule has 0 saturated heterocycles. The highest BCUT2D eigenvalue weighted by molar-refractivity contribution is 7.90. The number of nitrogens with zero attached hydrogens (tertiary/aromatic N) is 2. The highest BCUT2D eigenvalue weighted by Crippen LogP contribution is 2.22. The normalized spacial score (nSPS) is 11.0. The van der Waals surface area contributed by atoms with Gasteiger partial charge < -0.3 is 5.32 Å². The maximum absolute atomic E-state index is 12.5. The molecule has 4 rings (SSSR count). The van der Waals surface area contributed by atoms with Crippen molar-refractivity contribution in [3.05, 3.63) is 101 Å². The van der Waals surface area contributed by atoms with Gasteiger partial charge in [-0.05, 0) is 48.5 Å². The Morgan fingerprint density at radius 1 is 0.727 bits per heavy atom. The van der Waals surface area contributed by atoms with Gasteiger partial charge in [-0.2, -0.15) is 0 Å². The molecule has 2 amide bonds. The average Bonchev–Trinajstić information content (AvgIpc) is 3.26. The monoisotopic (exact) mass is 478 g/mol. The second kappa shape index (κ2) is 9.72. The molecule has 0 aliphatic carbocycles. The second-order valence-corrected chi connectivity index (χ2v) is 9.98. The molecule has 3 aromatic carbocycles. The first kappa shape index (κ1) is 22.3. The predicted molar refractivity (Wildman–Crippen MR) is 126 cm³/mol. The number of sulfone groups is 1. The largest absolute Gasteiger partial charge is 0.322 e. The molecule has 0 aliphatic rings. The quantitative estimate of drug-likeness (QED) is 0.414. The van der Waals surface area contributed by atoms with Gasteiger partial charge in [-0.25, -0.2) is 8.42 Å². The topological polar surface area (TPSA) is 118 Å². The molecule has 8 nitrogen and oxygen atoms in total. The smallest absolute Gasteiger partial charge is 0.257 e. The van der Waals surface area contributed by atoms with Crippen molar-refractivity contribution >= 4 is 43.8 Å². The summed E-state index contributed by atoms with van der Waals surface area (Å²) in [6.45, 7) is 0. The van der Waals surface area contributed by atoms with E-state index >= 15 is 0 Å². The maximum atomic E-state index is 12.5. The molecule has 33 heavy (non-hydrogen) atoms. The van der Waals surface area contributed by atoms with Crippen LogP contribution in [0.4, 0.5) is 10.8 Å². The first-order valence-corrected chi connectivity index (χ1v) is 12.3. The van der Waals surface area contributed by atoms with Crippen molar-refractivity contribution in [1.82, 2.24) is 10.2 Å². The van der Waals surface area contributed by atoms with Crippen molar-refractivity contribution in [2.45, 2.75) is 10.6 Å². The summed E-state index contributed by atoms with van der Waals surface area (Å²) in [4.78, 5) is 24.9. The molecule has 1 heterocycles. The Morgan fingerprint density at radius 2 is 1.30 bits per heavy atom. The van der Waals surface area contributed by atoms with Crippen molar-refractivity contribution in [2.24, 2.45) is 0 Å². The summed E-state index contributed by atoms with van der Waals surface area (Å²) in [6.07, 6.45) is 0. The minimum absolute atomic E-state index is 0.194. The number of anilines is 2. The van der Waals surface area contributed by atoms with E-state index in [4.69, 9.17) is 0 Å². The van der Waals surface area contributed by atoms with Crippen molar-refractivity contribution in [1.29, 1.82) is 0 Å². The summed E-state index contributed by atoms with van der Waals surface area (Å²) in [5.74, 6) is -0.982. The van der Waals surface area contributed by atoms with Gasteiger partial charge in [-0.3, -0.25) is 14.9 Å². The third-order valence-electron chi connectivity index (χ3n) is 4.54. The first-order chi connectivity index (χ1) is 15.9. The van der Waals surface area contributed by atoms with Crippen molar-refractivity contribution < 1.29 is 18.0 Å². The van der Waals surface area contributed by atoms with Gasteiger partial charge in [0.2, 0.25) is 5.13 Å². The highest BCUT2D eigenvalue weighted by Gasteiger charge is 2.19. The van der Waals surface area contributed by atoms with Gasteiger partial charge in [-0.1, -0.05) is 47.7 Å². The molecule has 0 atom stereocenters. The first-order valence-electron chi connectivity index (χ1n) is 9.79. The fraction of sp³-hybridized carbons (Fsp3) is 0.0435. The molecule has 0 fully saturated rings. The van der Waals surface area contributed by atoms with E-state index in [0.29, 0.717) is 16.8 Å². The van der Waals surface area contributed by atoms with Gasteiger partial charge in [0.1, 0.15) is 10.8 Å². The van der Waals surface area contributed by atoms with Crippen molar-refractivity contribution in [3.63, 3.8) is 0 Å². The van der Waals surface area contributed by atoms with Crippen LogP contribution in [0, 0.1) is 0 Å². The van der Waals surface area contributed by atoms with Crippen LogP contribution in [0.3, 0.4) is 0 Å². The zero-order chi connectivity index (χ0) is 23.3. The van der Waals surface area contributed by atoms with Crippen LogP contribution in [0.15, 0.2) is 89.8 Å². The summed E-state index contributed by atoms with van der Waals surface area (Å²) in [5, 5.41) is 13.6. The maximum Gasteiger partial charge on any atom is 0.257 e. The Balaban J connectivity index is 1.37. The third kappa shape index (κ3) is 5.68. The molecular weight excluding hydrogens is 460 g/mol. The predicted octanol–water partition coefficient (Wildman–Crippen LogP) is 4.02. The second-order valence-electron chi connectivity index (χ2n) is 6.92. The number of amides is 2. The van der Waals surface area contributed by atoms with Crippen LogP contribution in [0.2, 0.25) is 0 Å². The van der Waals surface area contributed by atoms with Crippen molar-refractivity contribution in [3.8, 4) is 0 Å². The zero-order valence-electron chi connectivity index (χ0n) is 17.1. The molecule has 1 aromatic heterocycles. The van der Waals surface area contributed by atoms with Crippen LogP contribution in [0.25, 0.3) is 0 Å². The number of rotatable bonds is 7. The van der Waals surface area contributed by atoms with E-state index in [1.807, 2.05) is 6.07 Å². The lowest BCUT2D eigenvalue weighted by Crippen LogP contribution is -2.13. The summed E-state index contributed by atoms with van der Waals surface area (Å²) >= 11 is 0.996. The molecule has 0 radical (unpaired) electrons. The molecule has 4 aromatic rings. The standard InChI is InChI=1S/C23H18N4O4S2/c28-21(16-7-3-1-4-8-16)24-18-13-11-17(12-14-18)22(29)25-23-27-26-20(32-23)15-33(30,31)19-9-5-2-6-10-19/h1-14H,15H2,(H,24,28)(H,25,27,29). The van der Waals surface area contributed by atoms with Crippen LogP contribution in [-0.2, 0) is 15.6 Å². The van der Waals surface area contributed by atoms with E-state index < -0.39 is 15.7 Å². The lowest BCUT2D eigenvalue weighted by atomic mass is 10.1. The van der Waals surface area contributed by atoms with Crippen LogP contribution >= 0.6 is 11.3 Å². The van der Waals surface area contributed by atoms with E-state index in [1.54, 1.807) is 66.7 Å². The van der Waals surface area contributed by atoms with E-state index in [2.05, 4.69) is 20.8 Å². The van der Waals surface area contributed by atoms with Gasteiger partial charge in [-0.15, -0.1) is 10.2 Å². The molecule has 2 N–H and O–H groups in total. The molecule has 0 aliphatic heterocycles. The lowest BCUT2D eigenvalue weighted by molar-refractivity contribution is 0.102. The number of carbonyl (C=O) groups excluding carboxylic acids is 2. The van der Waals surface area contributed by atoms with Crippen LogP contribution < -0.4 is 10.6 Å². The van der Waals surface area contributed by atoms with Crippen LogP contribution in [-0.4, -0.2) is 30.4 Å². The van der Waals surface area contributed by atoms with E-state index in [0.717, 1.165) is 11.3 Å². The summed E-state index contributed by atoms with van der Waals surface area (Å²) in [6, 6.07) is 23.2. The Morgan fingerprint density at radius 3 is 1.97 bits per heavy atom. The zero-order valence-corrected chi connectivity index (χ0v) is 18.8. The SMILES string of the molecule is O=C(Nc1ccc(C(=O)Nc2nnc(CS(=O)(=O)c3ccccc3)s2)cc1)c1ccccc1. The summed E-state index contributed by atoms with van der Waals surface area (Å²) in [5.41, 5.74) is 1.42. The summed E-state index contributed by atoms with van der Waals surface area (Å²) in [7, 11) is -3.55. The fourth-order valence-electron chi connectivity index (χ4n) is 2.90. The molecule has 0 bridgehead atoms. The van der Waals surface area contributed by atoms with Crippen LogP contribution in [0.5, 0.6) is 0 Å². The minimum atomic E-state index is -3.55. The number of hydrogen-bond donors (Lipinski definition) is 2. The van der Waals surface area contributed by atoms with Crippen LogP contribution in [0.1, 0.15) is 25.7 Å². The minimum Gasteiger partial charge on any atom is -0.322 e. The molecule has 0 unspecified atom stereocenters.